The van der Waals surface area contributed by atoms with E-state index in [9.17, 15) is 15.0 Å². The molecule has 3 nitrogen and oxygen atoms in total. The van der Waals surface area contributed by atoms with Gasteiger partial charge in [-0.2, -0.15) is 0 Å². The third-order valence-electron chi connectivity index (χ3n) is 2.97. The van der Waals surface area contributed by atoms with E-state index < -0.39 is 11.6 Å². The average Bonchev–Trinajstić information content (AvgIpc) is 2.39. The van der Waals surface area contributed by atoms with Gasteiger partial charge in [0.15, 0.2) is 0 Å². The SMILES string of the molecule is CC/C(I)=C(/C(=O)O)C(O)(CC)c1ccccc1. The fourth-order valence-corrected chi connectivity index (χ4v) is 2.61. The number of rotatable bonds is 5. The van der Waals surface area contributed by atoms with Gasteiger partial charge in [0.05, 0.1) is 5.57 Å². The maximum absolute atomic E-state index is 11.5. The molecule has 0 aliphatic heterocycles. The van der Waals surface area contributed by atoms with Gasteiger partial charge in [-0.3, -0.25) is 0 Å². The molecule has 4 heteroatoms. The van der Waals surface area contributed by atoms with E-state index in [-0.39, 0.29) is 5.57 Å². The van der Waals surface area contributed by atoms with Crippen LogP contribution in [0, 0.1) is 0 Å². The zero-order valence-electron chi connectivity index (χ0n) is 10.5. The smallest absolute Gasteiger partial charge is 0.335 e. The molecule has 1 unspecified atom stereocenters. The summed E-state index contributed by atoms with van der Waals surface area (Å²) in [7, 11) is 0. The highest BCUT2D eigenvalue weighted by Gasteiger charge is 2.37. The Morgan fingerprint density at radius 3 is 2.22 bits per heavy atom. The van der Waals surface area contributed by atoms with Crippen molar-refractivity contribution in [2.75, 3.05) is 0 Å². The maximum atomic E-state index is 11.5. The number of aliphatic hydroxyl groups is 1. The van der Waals surface area contributed by atoms with E-state index in [1.54, 1.807) is 31.2 Å². The average molecular weight is 360 g/mol. The van der Waals surface area contributed by atoms with E-state index in [1.807, 2.05) is 35.6 Å². The predicted molar refractivity (Wildman–Crippen MR) is 79.6 cm³/mol. The highest BCUT2D eigenvalue weighted by atomic mass is 127. The Bertz CT molecular complexity index is 453. The molecule has 0 aliphatic rings. The lowest BCUT2D eigenvalue weighted by atomic mass is 9.83. The topological polar surface area (TPSA) is 57.5 Å². The van der Waals surface area contributed by atoms with Gasteiger partial charge in [0.2, 0.25) is 0 Å². The van der Waals surface area contributed by atoms with E-state index >= 15 is 0 Å². The van der Waals surface area contributed by atoms with Crippen molar-refractivity contribution >= 4 is 28.6 Å². The second-order valence-corrected chi connectivity index (χ2v) is 5.32. The molecule has 0 heterocycles. The number of carbonyl (C=O) groups is 1. The standard InChI is InChI=1S/C14H17IO3/c1-3-11(15)12(13(16)17)14(18,4-2)10-8-6-5-7-9-10/h5-9,18H,3-4H2,1-2H3,(H,16,17)/b12-11+. The van der Waals surface area contributed by atoms with Crippen LogP contribution < -0.4 is 0 Å². The number of carboxylic acid groups (broad SMARTS) is 1. The van der Waals surface area contributed by atoms with E-state index in [0.29, 0.717) is 22.0 Å². The largest absolute Gasteiger partial charge is 0.478 e. The van der Waals surface area contributed by atoms with Gasteiger partial charge >= 0.3 is 5.97 Å². The monoisotopic (exact) mass is 360 g/mol. The van der Waals surface area contributed by atoms with Crippen LogP contribution in [0.15, 0.2) is 39.5 Å². The van der Waals surface area contributed by atoms with Gasteiger partial charge in [0.25, 0.3) is 0 Å². The zero-order chi connectivity index (χ0) is 13.8. The van der Waals surface area contributed by atoms with Crippen molar-refractivity contribution in [3.63, 3.8) is 0 Å². The number of benzene rings is 1. The molecule has 1 aromatic carbocycles. The van der Waals surface area contributed by atoms with Gasteiger partial charge in [-0.05, 0) is 41.0 Å². The number of halogens is 1. The van der Waals surface area contributed by atoms with Gasteiger partial charge < -0.3 is 10.2 Å². The van der Waals surface area contributed by atoms with E-state index in [2.05, 4.69) is 0 Å². The minimum atomic E-state index is -1.43. The summed E-state index contributed by atoms with van der Waals surface area (Å²) in [5.74, 6) is -1.06. The zero-order valence-corrected chi connectivity index (χ0v) is 12.6. The van der Waals surface area contributed by atoms with Crippen LogP contribution in [-0.4, -0.2) is 16.2 Å². The lowest BCUT2D eigenvalue weighted by Crippen LogP contribution is -2.32. The summed E-state index contributed by atoms with van der Waals surface area (Å²) in [6.45, 7) is 3.67. The van der Waals surface area contributed by atoms with Crippen LogP contribution in [-0.2, 0) is 10.4 Å². The summed E-state index contributed by atoms with van der Waals surface area (Å²) in [4.78, 5) is 11.5. The lowest BCUT2D eigenvalue weighted by molar-refractivity contribution is -0.135. The van der Waals surface area contributed by atoms with E-state index in [4.69, 9.17) is 0 Å². The molecule has 1 rings (SSSR count). The third kappa shape index (κ3) is 2.92. The molecule has 0 aliphatic carbocycles. The van der Waals surface area contributed by atoms with Gasteiger partial charge in [-0.25, -0.2) is 4.79 Å². The molecule has 2 N–H and O–H groups in total. The number of aliphatic carboxylic acids is 1. The Kier molecular flexibility index (Phi) is 5.34. The molecule has 1 aromatic rings. The van der Waals surface area contributed by atoms with Gasteiger partial charge in [0, 0.05) is 3.58 Å². The summed E-state index contributed by atoms with van der Waals surface area (Å²) in [6.07, 6.45) is 0.919. The van der Waals surface area contributed by atoms with Crippen molar-refractivity contribution in [2.24, 2.45) is 0 Å². The fourth-order valence-electron chi connectivity index (χ4n) is 1.93. The van der Waals surface area contributed by atoms with Crippen LogP contribution in [0.25, 0.3) is 0 Å². The molecule has 0 saturated heterocycles. The normalized spacial score (nSPS) is 15.8. The minimum absolute atomic E-state index is 0.0827. The molecule has 1 atom stereocenters. The summed E-state index contributed by atoms with van der Waals surface area (Å²) < 4.78 is 0.674. The predicted octanol–water partition coefficient (Wildman–Crippen LogP) is 3.47. The molecule has 18 heavy (non-hydrogen) atoms. The fraction of sp³-hybridized carbons (Fsp3) is 0.357. The Balaban J connectivity index is 3.43. The van der Waals surface area contributed by atoms with Crippen molar-refractivity contribution in [2.45, 2.75) is 32.3 Å². The summed E-state index contributed by atoms with van der Waals surface area (Å²) >= 11 is 2.00. The van der Waals surface area contributed by atoms with E-state index in [0.717, 1.165) is 0 Å². The van der Waals surface area contributed by atoms with Crippen LogP contribution >= 0.6 is 22.6 Å². The maximum Gasteiger partial charge on any atom is 0.335 e. The quantitative estimate of drug-likeness (QED) is 0.625. The molecular weight excluding hydrogens is 343 g/mol. The van der Waals surface area contributed by atoms with Crippen molar-refractivity contribution in [3.8, 4) is 0 Å². The minimum Gasteiger partial charge on any atom is -0.478 e. The Labute approximate surface area is 121 Å². The molecule has 0 saturated carbocycles. The van der Waals surface area contributed by atoms with Crippen LogP contribution in [0.2, 0.25) is 0 Å². The summed E-state index contributed by atoms with van der Waals surface area (Å²) in [5.41, 5.74) is -0.730. The molecule has 0 fully saturated rings. The van der Waals surface area contributed by atoms with Crippen molar-refractivity contribution in [3.05, 3.63) is 45.0 Å². The second kappa shape index (κ2) is 6.33. The first kappa shape index (κ1) is 15.2. The number of allylic oxidation sites excluding steroid dienone is 1. The molecule has 0 amide bonds. The van der Waals surface area contributed by atoms with Crippen LogP contribution in [0.5, 0.6) is 0 Å². The van der Waals surface area contributed by atoms with Gasteiger partial charge in [-0.1, -0.05) is 44.2 Å². The molecule has 0 radical (unpaired) electrons. The molecule has 0 aromatic heterocycles. The van der Waals surface area contributed by atoms with Crippen LogP contribution in [0.4, 0.5) is 0 Å². The molecule has 0 bridgehead atoms. The Hall–Kier alpha value is -0.880. The Morgan fingerprint density at radius 1 is 1.28 bits per heavy atom. The van der Waals surface area contributed by atoms with Crippen LogP contribution in [0.3, 0.4) is 0 Å². The third-order valence-corrected chi connectivity index (χ3v) is 4.27. The number of hydrogen-bond acceptors (Lipinski definition) is 2. The van der Waals surface area contributed by atoms with Gasteiger partial charge in [0.1, 0.15) is 5.60 Å². The highest BCUT2D eigenvalue weighted by Crippen LogP contribution is 2.37. The Morgan fingerprint density at radius 2 is 1.83 bits per heavy atom. The molecule has 0 spiro atoms. The highest BCUT2D eigenvalue weighted by molar-refractivity contribution is 14.1. The lowest BCUT2D eigenvalue weighted by Gasteiger charge is -2.29. The van der Waals surface area contributed by atoms with Gasteiger partial charge in [-0.15, -0.1) is 0 Å². The first-order valence-electron chi connectivity index (χ1n) is 5.87. The summed E-state index contributed by atoms with van der Waals surface area (Å²) in [6, 6.07) is 8.95. The second-order valence-electron chi connectivity index (χ2n) is 4.02. The number of carboxylic acids is 1. The van der Waals surface area contributed by atoms with E-state index in [1.165, 1.54) is 0 Å². The van der Waals surface area contributed by atoms with Crippen LogP contribution in [0.1, 0.15) is 32.3 Å². The number of hydrogen-bond donors (Lipinski definition) is 2. The van der Waals surface area contributed by atoms with Crippen molar-refractivity contribution in [1.29, 1.82) is 0 Å². The molecule has 98 valence electrons. The first-order valence-corrected chi connectivity index (χ1v) is 6.95. The van der Waals surface area contributed by atoms with Crippen molar-refractivity contribution in [1.82, 2.24) is 0 Å². The first-order chi connectivity index (χ1) is 8.47. The van der Waals surface area contributed by atoms with Crippen molar-refractivity contribution < 1.29 is 15.0 Å². The molecular formula is C14H17IO3. The summed E-state index contributed by atoms with van der Waals surface area (Å²) in [5, 5.41) is 20.2.